The zero-order chi connectivity index (χ0) is 12.7. The Balaban J connectivity index is 2.42. The van der Waals surface area contributed by atoms with E-state index < -0.39 is 5.60 Å². The molecule has 0 saturated carbocycles. The Morgan fingerprint density at radius 2 is 2.35 bits per heavy atom. The monoisotopic (exact) mass is 239 g/mol. The van der Waals surface area contributed by atoms with Gasteiger partial charge in [-0.05, 0) is 24.6 Å². The van der Waals surface area contributed by atoms with E-state index in [2.05, 4.69) is 10.3 Å². The molecule has 5 nitrogen and oxygen atoms in total. The van der Waals surface area contributed by atoms with Crippen LogP contribution in [0.15, 0.2) is 18.3 Å². The summed E-state index contributed by atoms with van der Waals surface area (Å²) in [4.78, 5) is 3.92. The smallest absolute Gasteiger partial charge is 0.123 e. The zero-order valence-electron chi connectivity index (χ0n) is 10.4. The van der Waals surface area contributed by atoms with Gasteiger partial charge in [0.15, 0.2) is 0 Å². The molecule has 0 aliphatic rings. The van der Waals surface area contributed by atoms with Crippen LogP contribution in [-0.2, 0) is 11.2 Å². The maximum atomic E-state index is 10.2. The molecule has 4 N–H and O–H groups in total. The molecule has 0 bridgehead atoms. The number of ether oxygens (including phenoxy) is 1. The van der Waals surface area contributed by atoms with Gasteiger partial charge >= 0.3 is 0 Å². The number of anilines is 1. The third kappa shape index (κ3) is 5.63. The lowest BCUT2D eigenvalue weighted by molar-refractivity contribution is 0.0581. The van der Waals surface area contributed by atoms with Gasteiger partial charge in [-0.25, -0.2) is 4.98 Å². The maximum absolute atomic E-state index is 10.2. The fourth-order valence-electron chi connectivity index (χ4n) is 1.64. The van der Waals surface area contributed by atoms with Crippen molar-refractivity contribution >= 4 is 5.82 Å². The van der Waals surface area contributed by atoms with Gasteiger partial charge in [0, 0.05) is 32.8 Å². The van der Waals surface area contributed by atoms with Crippen molar-refractivity contribution in [2.75, 3.05) is 32.5 Å². The second-order valence-electron chi connectivity index (χ2n) is 4.43. The number of hydrogen-bond acceptors (Lipinski definition) is 5. The standard InChI is InChI=1S/C12H21N3O2/c1-12(16,9-14-5-6-17-2)8-10-3-4-15-11(13)7-10/h3-4,7,14,16H,5-6,8-9H2,1-2H3,(H2,13,15). The molecule has 1 aromatic rings. The number of aliphatic hydroxyl groups is 1. The molecule has 5 heteroatoms. The van der Waals surface area contributed by atoms with E-state index in [0.717, 1.165) is 12.1 Å². The normalized spacial score (nSPS) is 14.5. The number of aromatic nitrogens is 1. The summed E-state index contributed by atoms with van der Waals surface area (Å²) in [6.45, 7) is 3.67. The Morgan fingerprint density at radius 1 is 1.59 bits per heavy atom. The minimum atomic E-state index is -0.804. The van der Waals surface area contributed by atoms with Gasteiger partial charge in [-0.3, -0.25) is 0 Å². The fourth-order valence-corrected chi connectivity index (χ4v) is 1.64. The van der Waals surface area contributed by atoms with Crippen LogP contribution in [0.1, 0.15) is 12.5 Å². The number of pyridine rings is 1. The minimum Gasteiger partial charge on any atom is -0.389 e. The molecule has 0 radical (unpaired) electrons. The van der Waals surface area contributed by atoms with Crippen molar-refractivity contribution in [3.63, 3.8) is 0 Å². The molecule has 17 heavy (non-hydrogen) atoms. The first-order valence-electron chi connectivity index (χ1n) is 5.66. The van der Waals surface area contributed by atoms with Gasteiger partial charge in [-0.2, -0.15) is 0 Å². The summed E-state index contributed by atoms with van der Waals surface area (Å²) in [6.07, 6.45) is 2.19. The first-order valence-corrected chi connectivity index (χ1v) is 5.66. The van der Waals surface area contributed by atoms with Crippen molar-refractivity contribution in [2.24, 2.45) is 0 Å². The Labute approximate surface area is 102 Å². The van der Waals surface area contributed by atoms with Crippen LogP contribution in [0, 0.1) is 0 Å². The van der Waals surface area contributed by atoms with Crippen molar-refractivity contribution in [1.82, 2.24) is 10.3 Å². The molecule has 1 aromatic heterocycles. The molecule has 0 aromatic carbocycles. The SMILES string of the molecule is COCCNCC(C)(O)Cc1ccnc(N)c1. The third-order valence-corrected chi connectivity index (χ3v) is 2.42. The van der Waals surface area contributed by atoms with E-state index in [4.69, 9.17) is 10.5 Å². The Hall–Kier alpha value is -1.17. The molecular formula is C12H21N3O2. The number of nitrogens with one attached hydrogen (secondary N) is 1. The van der Waals surface area contributed by atoms with Crippen LogP contribution in [0.5, 0.6) is 0 Å². The first-order chi connectivity index (χ1) is 8.03. The van der Waals surface area contributed by atoms with Crippen LogP contribution < -0.4 is 11.1 Å². The molecule has 0 amide bonds. The van der Waals surface area contributed by atoms with Crippen LogP contribution in [0.25, 0.3) is 0 Å². The molecule has 0 aliphatic carbocycles. The van der Waals surface area contributed by atoms with Crippen molar-refractivity contribution in [1.29, 1.82) is 0 Å². The summed E-state index contributed by atoms with van der Waals surface area (Å²) in [6, 6.07) is 3.64. The second-order valence-corrected chi connectivity index (χ2v) is 4.43. The number of hydrogen-bond donors (Lipinski definition) is 3. The molecular weight excluding hydrogens is 218 g/mol. The lowest BCUT2D eigenvalue weighted by atomic mass is 9.97. The zero-order valence-corrected chi connectivity index (χ0v) is 10.4. The summed E-state index contributed by atoms with van der Waals surface area (Å²) in [5.41, 5.74) is 5.77. The van der Waals surface area contributed by atoms with Crippen LogP contribution in [-0.4, -0.2) is 42.5 Å². The van der Waals surface area contributed by atoms with Gasteiger partial charge in [0.05, 0.1) is 12.2 Å². The molecule has 0 aliphatic heterocycles. The molecule has 1 unspecified atom stereocenters. The van der Waals surface area contributed by atoms with E-state index in [1.807, 2.05) is 6.07 Å². The highest BCUT2D eigenvalue weighted by atomic mass is 16.5. The summed E-state index contributed by atoms with van der Waals surface area (Å²) in [5, 5.41) is 13.3. The van der Waals surface area contributed by atoms with E-state index in [9.17, 15) is 5.11 Å². The average molecular weight is 239 g/mol. The Morgan fingerprint density at radius 3 is 3.00 bits per heavy atom. The van der Waals surface area contributed by atoms with Crippen LogP contribution >= 0.6 is 0 Å². The number of nitrogens with two attached hydrogens (primary N) is 1. The second kappa shape index (κ2) is 6.54. The average Bonchev–Trinajstić information content (AvgIpc) is 2.24. The number of nitrogens with zero attached hydrogens (tertiary/aromatic N) is 1. The van der Waals surface area contributed by atoms with Crippen molar-refractivity contribution in [2.45, 2.75) is 18.9 Å². The van der Waals surface area contributed by atoms with Crippen LogP contribution in [0.2, 0.25) is 0 Å². The number of methoxy groups -OCH3 is 1. The van der Waals surface area contributed by atoms with Crippen molar-refractivity contribution in [3.05, 3.63) is 23.9 Å². The van der Waals surface area contributed by atoms with Gasteiger partial charge in [0.2, 0.25) is 0 Å². The molecule has 0 saturated heterocycles. The molecule has 0 fully saturated rings. The van der Waals surface area contributed by atoms with Crippen LogP contribution in [0.3, 0.4) is 0 Å². The van der Waals surface area contributed by atoms with E-state index in [0.29, 0.717) is 25.4 Å². The van der Waals surface area contributed by atoms with Gasteiger partial charge in [0.25, 0.3) is 0 Å². The van der Waals surface area contributed by atoms with Gasteiger partial charge in [-0.15, -0.1) is 0 Å². The minimum absolute atomic E-state index is 0.477. The third-order valence-electron chi connectivity index (χ3n) is 2.42. The number of nitrogen functional groups attached to an aromatic ring is 1. The van der Waals surface area contributed by atoms with Gasteiger partial charge < -0.3 is 20.9 Å². The largest absolute Gasteiger partial charge is 0.389 e. The molecule has 1 heterocycles. The van der Waals surface area contributed by atoms with Crippen molar-refractivity contribution < 1.29 is 9.84 Å². The first kappa shape index (κ1) is 13.9. The molecule has 0 spiro atoms. The fraction of sp³-hybridized carbons (Fsp3) is 0.583. The van der Waals surface area contributed by atoms with Gasteiger partial charge in [-0.1, -0.05) is 0 Å². The van der Waals surface area contributed by atoms with E-state index >= 15 is 0 Å². The molecule has 1 rings (SSSR count). The predicted octanol–water partition coefficient (Wildman–Crippen LogP) is 0.193. The van der Waals surface area contributed by atoms with Crippen molar-refractivity contribution in [3.8, 4) is 0 Å². The van der Waals surface area contributed by atoms with E-state index in [-0.39, 0.29) is 0 Å². The summed E-state index contributed by atoms with van der Waals surface area (Å²) in [7, 11) is 1.65. The highest BCUT2D eigenvalue weighted by Crippen LogP contribution is 2.13. The van der Waals surface area contributed by atoms with E-state index in [1.54, 1.807) is 26.3 Å². The Bertz CT molecular complexity index is 342. The summed E-state index contributed by atoms with van der Waals surface area (Å²) >= 11 is 0. The highest BCUT2D eigenvalue weighted by molar-refractivity contribution is 5.32. The lowest BCUT2D eigenvalue weighted by Gasteiger charge is -2.24. The molecule has 1 atom stereocenters. The maximum Gasteiger partial charge on any atom is 0.123 e. The van der Waals surface area contributed by atoms with Crippen LogP contribution in [0.4, 0.5) is 5.82 Å². The summed E-state index contributed by atoms with van der Waals surface area (Å²) in [5.74, 6) is 0.477. The topological polar surface area (TPSA) is 80.4 Å². The summed E-state index contributed by atoms with van der Waals surface area (Å²) < 4.78 is 4.92. The highest BCUT2D eigenvalue weighted by Gasteiger charge is 2.20. The molecule has 96 valence electrons. The lowest BCUT2D eigenvalue weighted by Crippen LogP contribution is -2.40. The van der Waals surface area contributed by atoms with E-state index in [1.165, 1.54) is 0 Å². The Kier molecular flexibility index (Phi) is 5.34. The number of rotatable bonds is 7. The quantitative estimate of drug-likeness (QED) is 0.592. The van der Waals surface area contributed by atoms with Gasteiger partial charge in [0.1, 0.15) is 5.82 Å². The predicted molar refractivity (Wildman–Crippen MR) is 67.7 cm³/mol.